The lowest BCUT2D eigenvalue weighted by Crippen LogP contribution is -2.41. The van der Waals surface area contributed by atoms with E-state index in [1.807, 2.05) is 19.9 Å². The first kappa shape index (κ1) is 12.5. The molecule has 2 atom stereocenters. The minimum atomic E-state index is -0.472. The molecule has 16 heavy (non-hydrogen) atoms. The zero-order valence-electron chi connectivity index (χ0n) is 9.60. The molecule has 0 radical (unpaired) electrons. The fraction of sp³-hybridized carbons (Fsp3) is 0.417. The summed E-state index contributed by atoms with van der Waals surface area (Å²) < 4.78 is 0. The second-order valence-corrected chi connectivity index (χ2v) is 3.84. The lowest BCUT2D eigenvalue weighted by molar-refractivity contribution is -0.123. The zero-order valence-corrected chi connectivity index (χ0v) is 9.60. The number of nitrogens with two attached hydrogens (primary N) is 1. The molecule has 4 N–H and O–H groups in total. The third kappa shape index (κ3) is 3.24. The van der Waals surface area contributed by atoms with Crippen molar-refractivity contribution in [1.82, 2.24) is 5.32 Å². The molecular weight excluding hydrogens is 204 g/mol. The molecule has 0 aliphatic heterocycles. The van der Waals surface area contributed by atoms with Gasteiger partial charge < -0.3 is 16.2 Å². The molecule has 0 saturated heterocycles. The molecule has 1 amide bonds. The molecule has 1 rings (SSSR count). The molecule has 4 heteroatoms. The highest BCUT2D eigenvalue weighted by Crippen LogP contribution is 2.17. The van der Waals surface area contributed by atoms with E-state index < -0.39 is 6.04 Å². The highest BCUT2D eigenvalue weighted by atomic mass is 16.3. The predicted molar refractivity (Wildman–Crippen MR) is 62.9 cm³/mol. The third-order valence-corrected chi connectivity index (χ3v) is 2.51. The second-order valence-electron chi connectivity index (χ2n) is 3.84. The molecule has 2 unspecified atom stereocenters. The Morgan fingerprint density at radius 1 is 1.56 bits per heavy atom. The Kier molecular flexibility index (Phi) is 4.31. The van der Waals surface area contributed by atoms with Gasteiger partial charge in [0.25, 0.3) is 0 Å². The number of nitrogens with one attached hydrogen (secondary N) is 1. The number of amides is 1. The Balaban J connectivity index is 2.65. The summed E-state index contributed by atoms with van der Waals surface area (Å²) in [5.41, 5.74) is 6.47. The summed E-state index contributed by atoms with van der Waals surface area (Å²) in [5.74, 6) is 0.0248. The van der Waals surface area contributed by atoms with Gasteiger partial charge in [0.2, 0.25) is 5.91 Å². The van der Waals surface area contributed by atoms with Crippen LogP contribution in [0.15, 0.2) is 24.3 Å². The number of carbonyl (C=O) groups excluding carboxylic acids is 1. The first-order valence-corrected chi connectivity index (χ1v) is 5.39. The number of rotatable bonds is 4. The van der Waals surface area contributed by atoms with Gasteiger partial charge in [0.05, 0.1) is 12.1 Å². The monoisotopic (exact) mass is 222 g/mol. The van der Waals surface area contributed by atoms with E-state index in [1.54, 1.807) is 18.2 Å². The predicted octanol–water partition coefficient (Wildman–Crippen LogP) is 1.31. The van der Waals surface area contributed by atoms with Crippen LogP contribution in [0, 0.1) is 0 Å². The number of hydrogen-bond acceptors (Lipinski definition) is 3. The normalized spacial score (nSPS) is 14.2. The van der Waals surface area contributed by atoms with Crippen LogP contribution in [0.2, 0.25) is 0 Å². The van der Waals surface area contributed by atoms with Crippen LogP contribution in [0.4, 0.5) is 0 Å². The second kappa shape index (κ2) is 5.51. The maximum Gasteiger partial charge on any atom is 0.237 e. The Morgan fingerprint density at radius 3 is 2.81 bits per heavy atom. The largest absolute Gasteiger partial charge is 0.508 e. The van der Waals surface area contributed by atoms with Gasteiger partial charge in [-0.15, -0.1) is 0 Å². The fourth-order valence-corrected chi connectivity index (χ4v) is 1.38. The van der Waals surface area contributed by atoms with Gasteiger partial charge in [0.1, 0.15) is 5.75 Å². The van der Waals surface area contributed by atoms with Crippen molar-refractivity contribution in [1.29, 1.82) is 0 Å². The Labute approximate surface area is 95.5 Å². The van der Waals surface area contributed by atoms with Crippen LogP contribution in [0.3, 0.4) is 0 Å². The third-order valence-electron chi connectivity index (χ3n) is 2.51. The SMILES string of the molecule is CCC(N)C(=O)NC(C)c1cccc(O)c1. The minimum absolute atomic E-state index is 0.155. The summed E-state index contributed by atoms with van der Waals surface area (Å²) in [7, 11) is 0. The molecule has 88 valence electrons. The van der Waals surface area contributed by atoms with Gasteiger partial charge in [-0.2, -0.15) is 0 Å². The summed E-state index contributed by atoms with van der Waals surface area (Å²) in [6.07, 6.45) is 0.610. The average molecular weight is 222 g/mol. The van der Waals surface area contributed by atoms with Gasteiger partial charge in [-0.1, -0.05) is 19.1 Å². The number of phenolic OH excluding ortho intramolecular Hbond substituents is 1. The van der Waals surface area contributed by atoms with E-state index in [0.29, 0.717) is 6.42 Å². The van der Waals surface area contributed by atoms with Crippen LogP contribution < -0.4 is 11.1 Å². The maximum atomic E-state index is 11.5. The lowest BCUT2D eigenvalue weighted by atomic mass is 10.1. The molecule has 0 saturated carbocycles. The molecule has 0 aliphatic carbocycles. The minimum Gasteiger partial charge on any atom is -0.508 e. The van der Waals surface area contributed by atoms with Crippen LogP contribution in [0.25, 0.3) is 0 Å². The van der Waals surface area contributed by atoms with Gasteiger partial charge in [-0.3, -0.25) is 4.79 Å². The molecule has 4 nitrogen and oxygen atoms in total. The Hall–Kier alpha value is -1.55. The van der Waals surface area contributed by atoms with Gasteiger partial charge >= 0.3 is 0 Å². The van der Waals surface area contributed by atoms with Gasteiger partial charge in [0, 0.05) is 0 Å². The highest BCUT2D eigenvalue weighted by molar-refractivity contribution is 5.81. The smallest absolute Gasteiger partial charge is 0.237 e. The summed E-state index contributed by atoms with van der Waals surface area (Å²) in [4.78, 5) is 11.5. The van der Waals surface area contributed by atoms with Crippen LogP contribution in [0.5, 0.6) is 5.75 Å². The molecule has 0 fully saturated rings. The Morgan fingerprint density at radius 2 is 2.25 bits per heavy atom. The topological polar surface area (TPSA) is 75.4 Å². The van der Waals surface area contributed by atoms with Gasteiger partial charge in [-0.25, -0.2) is 0 Å². The lowest BCUT2D eigenvalue weighted by Gasteiger charge is -2.17. The van der Waals surface area contributed by atoms with Crippen molar-refractivity contribution < 1.29 is 9.90 Å². The first-order chi connectivity index (χ1) is 7.54. The zero-order chi connectivity index (χ0) is 12.1. The van der Waals surface area contributed by atoms with E-state index in [2.05, 4.69) is 5.32 Å². The van der Waals surface area contributed by atoms with Crippen LogP contribution >= 0.6 is 0 Å². The molecular formula is C12H18N2O2. The van der Waals surface area contributed by atoms with E-state index in [1.165, 1.54) is 0 Å². The van der Waals surface area contributed by atoms with Crippen molar-refractivity contribution in [2.24, 2.45) is 5.73 Å². The number of benzene rings is 1. The molecule has 0 spiro atoms. The summed E-state index contributed by atoms with van der Waals surface area (Å²) >= 11 is 0. The van der Waals surface area contributed by atoms with Crippen molar-refractivity contribution in [2.45, 2.75) is 32.4 Å². The summed E-state index contributed by atoms with van der Waals surface area (Å²) in [5, 5.41) is 12.1. The maximum absolute atomic E-state index is 11.5. The molecule has 1 aromatic rings. The number of carbonyl (C=O) groups is 1. The summed E-state index contributed by atoms with van der Waals surface area (Å²) in [6, 6.07) is 6.19. The number of aromatic hydroxyl groups is 1. The quantitative estimate of drug-likeness (QED) is 0.719. The van der Waals surface area contributed by atoms with Gasteiger partial charge in [-0.05, 0) is 31.0 Å². The first-order valence-electron chi connectivity index (χ1n) is 5.39. The highest BCUT2D eigenvalue weighted by Gasteiger charge is 2.14. The van der Waals surface area contributed by atoms with Gasteiger partial charge in [0.15, 0.2) is 0 Å². The molecule has 1 aromatic carbocycles. The summed E-state index contributed by atoms with van der Waals surface area (Å²) in [6.45, 7) is 3.72. The molecule has 0 aromatic heterocycles. The van der Waals surface area contributed by atoms with Crippen LogP contribution in [-0.4, -0.2) is 17.1 Å². The van der Waals surface area contributed by atoms with E-state index in [0.717, 1.165) is 5.56 Å². The fourth-order valence-electron chi connectivity index (χ4n) is 1.38. The molecule has 0 heterocycles. The number of hydrogen-bond donors (Lipinski definition) is 3. The molecule has 0 bridgehead atoms. The van der Waals surface area contributed by atoms with E-state index >= 15 is 0 Å². The standard InChI is InChI=1S/C12H18N2O2/c1-3-11(13)12(16)14-8(2)9-5-4-6-10(15)7-9/h4-8,11,15H,3,13H2,1-2H3,(H,14,16). The van der Waals surface area contributed by atoms with E-state index in [-0.39, 0.29) is 17.7 Å². The van der Waals surface area contributed by atoms with Crippen molar-refractivity contribution in [3.05, 3.63) is 29.8 Å². The van der Waals surface area contributed by atoms with E-state index in [4.69, 9.17) is 5.73 Å². The Bertz CT molecular complexity index is 366. The van der Waals surface area contributed by atoms with Crippen molar-refractivity contribution in [2.75, 3.05) is 0 Å². The van der Waals surface area contributed by atoms with Crippen molar-refractivity contribution in [3.8, 4) is 5.75 Å². The van der Waals surface area contributed by atoms with Crippen LogP contribution in [-0.2, 0) is 4.79 Å². The van der Waals surface area contributed by atoms with Crippen LogP contribution in [0.1, 0.15) is 31.9 Å². The van der Waals surface area contributed by atoms with Crippen molar-refractivity contribution in [3.63, 3.8) is 0 Å². The molecule has 0 aliphatic rings. The average Bonchev–Trinajstić information content (AvgIpc) is 2.27. The van der Waals surface area contributed by atoms with E-state index in [9.17, 15) is 9.90 Å². The van der Waals surface area contributed by atoms with Crippen molar-refractivity contribution >= 4 is 5.91 Å². The number of phenols is 1.